The van der Waals surface area contributed by atoms with Gasteiger partial charge in [0.2, 0.25) is 0 Å². The van der Waals surface area contributed by atoms with Gasteiger partial charge >= 0.3 is 0 Å². The summed E-state index contributed by atoms with van der Waals surface area (Å²) in [7, 11) is 0. The maximum absolute atomic E-state index is 9.81. The molecule has 0 aromatic heterocycles. The molecule has 68 valence electrons. The van der Waals surface area contributed by atoms with Crippen LogP contribution in [0.15, 0.2) is 12.2 Å². The van der Waals surface area contributed by atoms with Crippen LogP contribution in [0.3, 0.4) is 0 Å². The summed E-state index contributed by atoms with van der Waals surface area (Å²) in [6, 6.07) is 0. The molecule has 0 aromatic rings. The molecule has 0 unspecified atom stereocenters. The van der Waals surface area contributed by atoms with Crippen LogP contribution in [0.25, 0.3) is 0 Å². The van der Waals surface area contributed by atoms with Crippen molar-refractivity contribution >= 4 is 0 Å². The third-order valence-electron chi connectivity index (χ3n) is 3.65. The number of rotatable bonds is 0. The Morgan fingerprint density at radius 3 is 2.83 bits per heavy atom. The van der Waals surface area contributed by atoms with Crippen LogP contribution in [-0.4, -0.2) is 11.2 Å². The number of aliphatic hydroxyl groups is 1. The molecule has 2 aliphatic carbocycles. The van der Waals surface area contributed by atoms with E-state index >= 15 is 0 Å². The van der Waals surface area contributed by atoms with Gasteiger partial charge in [0, 0.05) is 5.92 Å². The minimum absolute atomic E-state index is 0.0819. The van der Waals surface area contributed by atoms with E-state index in [1.54, 1.807) is 0 Å². The maximum Gasteiger partial charge on any atom is 0.0610 e. The van der Waals surface area contributed by atoms with E-state index in [9.17, 15) is 5.11 Å². The Balaban J connectivity index is 2.25. The van der Waals surface area contributed by atoms with Crippen molar-refractivity contribution in [3.05, 3.63) is 12.2 Å². The Hall–Kier alpha value is -0.300. The van der Waals surface area contributed by atoms with Gasteiger partial charge in [-0.3, -0.25) is 0 Å². The largest absolute Gasteiger partial charge is 0.392 e. The van der Waals surface area contributed by atoms with Crippen molar-refractivity contribution in [3.8, 4) is 0 Å². The number of aliphatic hydroxyl groups excluding tert-OH is 1. The molecule has 0 aliphatic heterocycles. The standard InChI is InChI=1S/C11H18O/c1-11(2)7-10(12)8-5-3-4-6-9(8)11/h3,5,8-10,12H,4,6-7H2,1-2H3/t8-,9+,10+/m0/s1. The van der Waals surface area contributed by atoms with Crippen LogP contribution in [0, 0.1) is 17.3 Å². The van der Waals surface area contributed by atoms with Crippen molar-refractivity contribution in [1.29, 1.82) is 0 Å². The first-order valence-electron chi connectivity index (χ1n) is 4.96. The quantitative estimate of drug-likeness (QED) is 0.548. The Labute approximate surface area is 74.5 Å². The molecule has 1 heteroatoms. The fourth-order valence-corrected chi connectivity index (χ4v) is 2.99. The highest BCUT2D eigenvalue weighted by atomic mass is 16.3. The van der Waals surface area contributed by atoms with Crippen LogP contribution >= 0.6 is 0 Å². The molecular formula is C11H18O. The normalized spacial score (nSPS) is 44.4. The molecule has 1 nitrogen and oxygen atoms in total. The third-order valence-corrected chi connectivity index (χ3v) is 3.65. The summed E-state index contributed by atoms with van der Waals surface area (Å²) in [5.74, 6) is 1.17. The molecule has 1 fully saturated rings. The van der Waals surface area contributed by atoms with Gasteiger partial charge in [-0.05, 0) is 30.6 Å². The topological polar surface area (TPSA) is 20.2 Å². The summed E-state index contributed by atoms with van der Waals surface area (Å²) in [6.45, 7) is 4.58. The summed E-state index contributed by atoms with van der Waals surface area (Å²) < 4.78 is 0. The highest BCUT2D eigenvalue weighted by Gasteiger charge is 2.46. The van der Waals surface area contributed by atoms with Crippen molar-refractivity contribution in [2.45, 2.75) is 39.2 Å². The van der Waals surface area contributed by atoms with Crippen molar-refractivity contribution in [1.82, 2.24) is 0 Å². The van der Waals surface area contributed by atoms with Crippen molar-refractivity contribution in [3.63, 3.8) is 0 Å². The monoisotopic (exact) mass is 166 g/mol. The fraction of sp³-hybridized carbons (Fsp3) is 0.818. The molecule has 0 saturated heterocycles. The predicted molar refractivity (Wildman–Crippen MR) is 49.8 cm³/mol. The number of allylic oxidation sites excluding steroid dienone is 1. The lowest BCUT2D eigenvalue weighted by Crippen LogP contribution is -2.24. The number of fused-ring (bicyclic) bond motifs is 1. The summed E-state index contributed by atoms with van der Waals surface area (Å²) in [4.78, 5) is 0. The van der Waals surface area contributed by atoms with Crippen LogP contribution in [0.1, 0.15) is 33.1 Å². The van der Waals surface area contributed by atoms with E-state index in [-0.39, 0.29) is 6.10 Å². The van der Waals surface area contributed by atoms with E-state index in [0.717, 1.165) is 12.3 Å². The molecule has 1 N–H and O–H groups in total. The average molecular weight is 166 g/mol. The molecule has 3 atom stereocenters. The fourth-order valence-electron chi connectivity index (χ4n) is 2.99. The third kappa shape index (κ3) is 1.11. The van der Waals surface area contributed by atoms with Gasteiger partial charge in [0.25, 0.3) is 0 Å². The highest BCUT2D eigenvalue weighted by Crippen LogP contribution is 2.50. The lowest BCUT2D eigenvalue weighted by Gasteiger charge is -2.31. The van der Waals surface area contributed by atoms with Gasteiger partial charge in [-0.2, -0.15) is 0 Å². The molecule has 0 aromatic carbocycles. The summed E-state index contributed by atoms with van der Waals surface area (Å²) in [6.07, 6.45) is 7.83. The molecule has 2 aliphatic rings. The molecule has 0 amide bonds. The van der Waals surface area contributed by atoms with Gasteiger partial charge in [-0.1, -0.05) is 26.0 Å². The zero-order valence-corrected chi connectivity index (χ0v) is 7.96. The predicted octanol–water partition coefficient (Wildman–Crippen LogP) is 2.36. The number of hydrogen-bond acceptors (Lipinski definition) is 1. The molecule has 0 radical (unpaired) electrons. The van der Waals surface area contributed by atoms with Crippen LogP contribution in [0.2, 0.25) is 0 Å². The van der Waals surface area contributed by atoms with E-state index in [1.807, 2.05) is 0 Å². The summed E-state index contributed by atoms with van der Waals surface area (Å²) >= 11 is 0. The zero-order chi connectivity index (χ0) is 8.77. The van der Waals surface area contributed by atoms with E-state index in [0.29, 0.717) is 11.3 Å². The molecule has 0 heterocycles. The minimum Gasteiger partial charge on any atom is -0.392 e. The maximum atomic E-state index is 9.81. The molecule has 2 rings (SSSR count). The van der Waals surface area contributed by atoms with Crippen molar-refractivity contribution in [2.24, 2.45) is 17.3 Å². The van der Waals surface area contributed by atoms with Gasteiger partial charge in [0.15, 0.2) is 0 Å². The van der Waals surface area contributed by atoms with E-state index in [4.69, 9.17) is 0 Å². The van der Waals surface area contributed by atoms with Gasteiger partial charge < -0.3 is 5.11 Å². The lowest BCUT2D eigenvalue weighted by atomic mass is 9.74. The first-order valence-corrected chi connectivity index (χ1v) is 4.96. The molecular weight excluding hydrogens is 148 g/mol. The van der Waals surface area contributed by atoms with Crippen molar-refractivity contribution in [2.75, 3.05) is 0 Å². The van der Waals surface area contributed by atoms with Crippen LogP contribution in [-0.2, 0) is 0 Å². The minimum atomic E-state index is -0.0819. The van der Waals surface area contributed by atoms with Crippen LogP contribution in [0.5, 0.6) is 0 Å². The Morgan fingerprint density at radius 1 is 1.42 bits per heavy atom. The Kier molecular flexibility index (Phi) is 1.80. The first-order chi connectivity index (χ1) is 5.61. The Morgan fingerprint density at radius 2 is 2.17 bits per heavy atom. The second-order valence-electron chi connectivity index (χ2n) is 4.95. The highest BCUT2D eigenvalue weighted by molar-refractivity contribution is 5.08. The van der Waals surface area contributed by atoms with Gasteiger partial charge in [0.05, 0.1) is 6.10 Å². The second-order valence-corrected chi connectivity index (χ2v) is 4.95. The van der Waals surface area contributed by atoms with Gasteiger partial charge in [0.1, 0.15) is 0 Å². The van der Waals surface area contributed by atoms with Gasteiger partial charge in [-0.25, -0.2) is 0 Å². The Bertz CT molecular complexity index is 205. The van der Waals surface area contributed by atoms with Gasteiger partial charge in [-0.15, -0.1) is 0 Å². The molecule has 1 saturated carbocycles. The van der Waals surface area contributed by atoms with E-state index in [2.05, 4.69) is 26.0 Å². The molecule has 0 spiro atoms. The zero-order valence-electron chi connectivity index (χ0n) is 7.96. The average Bonchev–Trinajstić information content (AvgIpc) is 2.25. The smallest absolute Gasteiger partial charge is 0.0610 e. The van der Waals surface area contributed by atoms with Crippen molar-refractivity contribution < 1.29 is 5.11 Å². The molecule has 0 bridgehead atoms. The SMILES string of the molecule is CC1(C)C[C@@H](O)[C@H]2C=CCC[C@H]21. The van der Waals surface area contributed by atoms with Crippen LogP contribution < -0.4 is 0 Å². The summed E-state index contributed by atoms with van der Waals surface area (Å²) in [5, 5.41) is 9.81. The van der Waals surface area contributed by atoms with E-state index in [1.165, 1.54) is 12.8 Å². The first kappa shape index (κ1) is 8.31. The lowest BCUT2D eigenvalue weighted by molar-refractivity contribution is 0.138. The second kappa shape index (κ2) is 2.59. The van der Waals surface area contributed by atoms with E-state index < -0.39 is 0 Å². The van der Waals surface area contributed by atoms with Crippen LogP contribution in [0.4, 0.5) is 0 Å². The number of hydrogen-bond donors (Lipinski definition) is 1. The molecule has 12 heavy (non-hydrogen) atoms. The summed E-state index contributed by atoms with van der Waals surface area (Å²) in [5.41, 5.74) is 0.356.